The van der Waals surface area contributed by atoms with Crippen molar-refractivity contribution < 1.29 is 8.42 Å². The topological polar surface area (TPSA) is 98.0 Å². The summed E-state index contributed by atoms with van der Waals surface area (Å²) in [6.45, 7) is 0. The second kappa shape index (κ2) is 6.17. The molecule has 0 radical (unpaired) electrons. The lowest BCUT2D eigenvalue weighted by Crippen LogP contribution is -2.12. The average molecular weight is 437 g/mol. The van der Waals surface area contributed by atoms with Crippen molar-refractivity contribution in [3.05, 3.63) is 50.8 Å². The minimum absolute atomic E-state index is 0.0412. The molecular weight excluding hydrogens is 424 g/mol. The fraction of sp³-hybridized carbons (Fsp3) is 0.125. The van der Waals surface area contributed by atoms with Gasteiger partial charge in [-0.1, -0.05) is 6.07 Å². The van der Waals surface area contributed by atoms with E-state index in [1.165, 1.54) is 17.0 Å². The fourth-order valence-electron chi connectivity index (χ4n) is 2.79. The number of hydrogen-bond donors (Lipinski definition) is 2. The maximum Gasteiger partial charge on any atom is 0.238 e. The smallest absolute Gasteiger partial charge is 0.238 e. The third kappa shape index (κ3) is 3.32. The lowest BCUT2D eigenvalue weighted by Gasteiger charge is -2.16. The minimum atomic E-state index is -3.75. The molecule has 25 heavy (non-hydrogen) atoms. The van der Waals surface area contributed by atoms with Crippen LogP contribution in [0.3, 0.4) is 0 Å². The first-order valence-electron chi connectivity index (χ1n) is 7.44. The molecule has 3 aromatic rings. The zero-order valence-electron chi connectivity index (χ0n) is 12.9. The number of thiophene rings is 1. The van der Waals surface area contributed by atoms with Crippen molar-refractivity contribution in [1.82, 2.24) is 9.97 Å². The Labute approximate surface area is 157 Å². The van der Waals surface area contributed by atoms with E-state index < -0.39 is 10.0 Å². The number of halogens is 1. The van der Waals surface area contributed by atoms with E-state index in [4.69, 9.17) is 5.14 Å². The quantitative estimate of drug-likeness (QED) is 0.654. The molecule has 1 aromatic carbocycles. The Morgan fingerprint density at radius 1 is 1.24 bits per heavy atom. The standard InChI is InChI=1S/C16H13BrN4O2S2/c17-14-7-12-13(24-14)5-4-9-8-19-16(21-15(9)12)20-10-2-1-3-11(6-10)25(18,22)23/h1-3,6-8H,4-5H2,(H2,18,22,23)(H,19,20,21). The summed E-state index contributed by atoms with van der Waals surface area (Å²) in [5, 5.41) is 8.23. The van der Waals surface area contributed by atoms with Crippen LogP contribution in [0.5, 0.6) is 0 Å². The number of nitrogens with two attached hydrogens (primary N) is 1. The molecular formula is C16H13BrN4O2S2. The molecule has 0 atom stereocenters. The van der Waals surface area contributed by atoms with Crippen molar-refractivity contribution in [3.8, 4) is 11.3 Å². The van der Waals surface area contributed by atoms with Crippen molar-refractivity contribution in [3.63, 3.8) is 0 Å². The molecule has 6 nitrogen and oxygen atoms in total. The summed E-state index contributed by atoms with van der Waals surface area (Å²) < 4.78 is 24.1. The van der Waals surface area contributed by atoms with Crippen molar-refractivity contribution in [1.29, 1.82) is 0 Å². The van der Waals surface area contributed by atoms with Crippen LogP contribution in [0, 0.1) is 0 Å². The molecule has 0 spiro atoms. The minimum Gasteiger partial charge on any atom is -0.324 e. The van der Waals surface area contributed by atoms with E-state index >= 15 is 0 Å². The summed E-state index contributed by atoms with van der Waals surface area (Å²) in [7, 11) is -3.75. The number of fused-ring (bicyclic) bond motifs is 3. The molecule has 0 fully saturated rings. The van der Waals surface area contributed by atoms with E-state index in [0.29, 0.717) is 11.6 Å². The maximum absolute atomic E-state index is 11.5. The van der Waals surface area contributed by atoms with Gasteiger partial charge in [0.2, 0.25) is 16.0 Å². The number of primary sulfonamides is 1. The van der Waals surface area contributed by atoms with Gasteiger partial charge in [0.05, 0.1) is 14.4 Å². The van der Waals surface area contributed by atoms with Crippen LogP contribution in [0.15, 0.2) is 45.2 Å². The number of hydrogen-bond acceptors (Lipinski definition) is 6. The average Bonchev–Trinajstić information content (AvgIpc) is 2.95. The second-order valence-corrected chi connectivity index (χ2v) is 9.73. The van der Waals surface area contributed by atoms with E-state index in [1.807, 2.05) is 6.20 Å². The van der Waals surface area contributed by atoms with Crippen LogP contribution in [-0.4, -0.2) is 18.4 Å². The molecule has 0 saturated carbocycles. The van der Waals surface area contributed by atoms with Crippen LogP contribution in [0.1, 0.15) is 10.4 Å². The molecule has 0 bridgehead atoms. The van der Waals surface area contributed by atoms with Crippen LogP contribution in [0.25, 0.3) is 11.3 Å². The zero-order valence-corrected chi connectivity index (χ0v) is 16.1. The number of aryl methyl sites for hydroxylation is 2. The van der Waals surface area contributed by atoms with E-state index in [9.17, 15) is 8.42 Å². The molecule has 2 aromatic heterocycles. The highest BCUT2D eigenvalue weighted by molar-refractivity contribution is 9.11. The van der Waals surface area contributed by atoms with Gasteiger partial charge in [-0.3, -0.25) is 0 Å². The second-order valence-electron chi connectivity index (χ2n) is 5.65. The molecule has 0 aliphatic heterocycles. The maximum atomic E-state index is 11.5. The summed E-state index contributed by atoms with van der Waals surface area (Å²) >= 11 is 5.26. The molecule has 128 valence electrons. The highest BCUT2D eigenvalue weighted by Crippen LogP contribution is 2.39. The molecule has 0 unspecified atom stereocenters. The molecule has 1 aliphatic rings. The van der Waals surface area contributed by atoms with E-state index in [2.05, 4.69) is 37.3 Å². The fourth-order valence-corrected chi connectivity index (χ4v) is 5.05. The third-order valence-corrected chi connectivity index (χ3v) is 6.55. The van der Waals surface area contributed by atoms with E-state index in [-0.39, 0.29) is 4.90 Å². The van der Waals surface area contributed by atoms with Gasteiger partial charge in [-0.05, 0) is 58.6 Å². The van der Waals surface area contributed by atoms with Crippen molar-refractivity contribution >= 4 is 48.9 Å². The Kier molecular flexibility index (Phi) is 4.11. The van der Waals surface area contributed by atoms with Gasteiger partial charge in [-0.15, -0.1) is 11.3 Å². The number of sulfonamides is 1. The predicted octanol–water partition coefficient (Wildman–Crippen LogP) is 3.46. The van der Waals surface area contributed by atoms with Crippen molar-refractivity contribution in [2.75, 3.05) is 5.32 Å². The number of benzene rings is 1. The first kappa shape index (κ1) is 16.6. The molecule has 3 N–H and O–H groups in total. The molecule has 0 amide bonds. The number of anilines is 2. The highest BCUT2D eigenvalue weighted by Gasteiger charge is 2.21. The van der Waals surface area contributed by atoms with E-state index in [0.717, 1.165) is 33.4 Å². The SMILES string of the molecule is NS(=O)(=O)c1cccc(Nc2ncc3c(n2)-c2cc(Br)sc2CC3)c1. The Morgan fingerprint density at radius 3 is 2.88 bits per heavy atom. The largest absolute Gasteiger partial charge is 0.324 e. The lowest BCUT2D eigenvalue weighted by atomic mass is 9.96. The zero-order chi connectivity index (χ0) is 17.6. The third-order valence-electron chi connectivity index (χ3n) is 3.94. The van der Waals surface area contributed by atoms with Crippen LogP contribution >= 0.6 is 27.3 Å². The lowest BCUT2D eigenvalue weighted by molar-refractivity contribution is 0.598. The molecule has 4 rings (SSSR count). The first-order chi connectivity index (χ1) is 11.9. The number of nitrogens with one attached hydrogen (secondary N) is 1. The summed E-state index contributed by atoms with van der Waals surface area (Å²) in [6.07, 6.45) is 3.73. The number of rotatable bonds is 3. The summed E-state index contributed by atoms with van der Waals surface area (Å²) in [5.74, 6) is 0.417. The molecule has 2 heterocycles. The van der Waals surface area contributed by atoms with Crippen LogP contribution in [-0.2, 0) is 22.9 Å². The van der Waals surface area contributed by atoms with Crippen LogP contribution in [0.4, 0.5) is 11.6 Å². The van der Waals surface area contributed by atoms with Gasteiger partial charge in [0.25, 0.3) is 0 Å². The van der Waals surface area contributed by atoms with Crippen LogP contribution in [0.2, 0.25) is 0 Å². The Bertz CT molecular complexity index is 1080. The molecule has 0 saturated heterocycles. The normalized spacial score (nSPS) is 13.2. The van der Waals surface area contributed by atoms with E-state index in [1.54, 1.807) is 23.5 Å². The van der Waals surface area contributed by atoms with Gasteiger partial charge in [0.1, 0.15) is 0 Å². The summed E-state index contributed by atoms with van der Waals surface area (Å²) in [4.78, 5) is 10.3. The highest BCUT2D eigenvalue weighted by atomic mass is 79.9. The Morgan fingerprint density at radius 2 is 2.08 bits per heavy atom. The van der Waals surface area contributed by atoms with Gasteiger partial charge < -0.3 is 5.32 Å². The summed E-state index contributed by atoms with van der Waals surface area (Å²) in [6, 6.07) is 8.35. The number of aromatic nitrogens is 2. The molecule has 9 heteroatoms. The predicted molar refractivity (Wildman–Crippen MR) is 102 cm³/mol. The van der Waals surface area contributed by atoms with Gasteiger partial charge >= 0.3 is 0 Å². The van der Waals surface area contributed by atoms with Crippen LogP contribution < -0.4 is 10.5 Å². The summed E-state index contributed by atoms with van der Waals surface area (Å²) in [5.41, 5.74) is 3.72. The van der Waals surface area contributed by atoms with Gasteiger partial charge in [-0.25, -0.2) is 23.5 Å². The van der Waals surface area contributed by atoms with Crippen molar-refractivity contribution in [2.24, 2.45) is 5.14 Å². The van der Waals surface area contributed by atoms with Gasteiger partial charge in [0, 0.05) is 22.3 Å². The first-order valence-corrected chi connectivity index (χ1v) is 10.6. The Hall–Kier alpha value is -1.81. The molecule has 1 aliphatic carbocycles. The monoisotopic (exact) mass is 436 g/mol. The van der Waals surface area contributed by atoms with Crippen molar-refractivity contribution in [2.45, 2.75) is 17.7 Å². The van der Waals surface area contributed by atoms with Gasteiger partial charge in [-0.2, -0.15) is 0 Å². The Balaban J connectivity index is 1.70. The van der Waals surface area contributed by atoms with Gasteiger partial charge in [0.15, 0.2) is 0 Å². The number of nitrogens with zero attached hydrogens (tertiary/aromatic N) is 2.